The Bertz CT molecular complexity index is 369. The van der Waals surface area contributed by atoms with Crippen LogP contribution in [0.3, 0.4) is 0 Å². The lowest BCUT2D eigenvalue weighted by molar-refractivity contribution is 1.03. The molecule has 2 aromatic heterocycles. The molecule has 3 nitrogen and oxygen atoms in total. The Morgan fingerprint density at radius 1 is 1.42 bits per heavy atom. The number of aryl methyl sites for hydroxylation is 1. The molecule has 2 rings (SSSR count). The van der Waals surface area contributed by atoms with Crippen LogP contribution in [0.5, 0.6) is 0 Å². The van der Waals surface area contributed by atoms with Crippen molar-refractivity contribution < 1.29 is 0 Å². The fourth-order valence-electron chi connectivity index (χ4n) is 0.887. The Morgan fingerprint density at radius 3 is 2.92 bits per heavy atom. The first-order chi connectivity index (χ1) is 5.86. The molecule has 0 N–H and O–H groups in total. The third-order valence-corrected chi connectivity index (χ3v) is 2.39. The molecule has 0 atom stereocenters. The highest BCUT2D eigenvalue weighted by molar-refractivity contribution is 7.13. The van der Waals surface area contributed by atoms with Gasteiger partial charge in [0.15, 0.2) is 0 Å². The van der Waals surface area contributed by atoms with Gasteiger partial charge in [-0.15, -0.1) is 16.4 Å². The van der Waals surface area contributed by atoms with Crippen LogP contribution in [0.15, 0.2) is 23.7 Å². The maximum absolute atomic E-state index is 4.30. The van der Waals surface area contributed by atoms with Crippen LogP contribution in [0.4, 0.5) is 0 Å². The molecule has 0 saturated carbocycles. The standard InChI is InChI=1S/C8H7N3S/c1-6-5-12-8(10-6)7-3-2-4-9-11-7/h2-5H,1H3. The first kappa shape index (κ1) is 7.36. The minimum absolute atomic E-state index is 0.843. The van der Waals surface area contributed by atoms with Gasteiger partial charge in [-0.1, -0.05) is 0 Å². The van der Waals surface area contributed by atoms with Crippen LogP contribution in [0.2, 0.25) is 0 Å². The second-order valence-electron chi connectivity index (χ2n) is 2.40. The Hall–Kier alpha value is -1.29. The maximum atomic E-state index is 4.30. The smallest absolute Gasteiger partial charge is 0.144 e. The van der Waals surface area contributed by atoms with Gasteiger partial charge in [-0.2, -0.15) is 5.10 Å². The van der Waals surface area contributed by atoms with Gasteiger partial charge in [0.1, 0.15) is 10.7 Å². The minimum atomic E-state index is 0.843. The number of hydrogen-bond acceptors (Lipinski definition) is 4. The third-order valence-electron chi connectivity index (χ3n) is 1.41. The Labute approximate surface area is 74.1 Å². The molecule has 0 unspecified atom stereocenters. The normalized spacial score (nSPS) is 10.1. The first-order valence-corrected chi connectivity index (χ1v) is 4.44. The monoisotopic (exact) mass is 177 g/mol. The van der Waals surface area contributed by atoms with Gasteiger partial charge in [0.25, 0.3) is 0 Å². The second kappa shape index (κ2) is 2.98. The van der Waals surface area contributed by atoms with Gasteiger partial charge in [0.05, 0.1) is 0 Å². The summed E-state index contributed by atoms with van der Waals surface area (Å²) in [5, 5.41) is 10.7. The lowest BCUT2D eigenvalue weighted by atomic mass is 10.4. The molecule has 12 heavy (non-hydrogen) atoms. The van der Waals surface area contributed by atoms with Crippen LogP contribution >= 0.6 is 11.3 Å². The molecule has 2 aromatic rings. The van der Waals surface area contributed by atoms with Crippen molar-refractivity contribution in [1.29, 1.82) is 0 Å². The summed E-state index contributed by atoms with van der Waals surface area (Å²) < 4.78 is 0. The molecular weight excluding hydrogens is 170 g/mol. The molecular formula is C8H7N3S. The maximum Gasteiger partial charge on any atom is 0.144 e. The zero-order valence-electron chi connectivity index (χ0n) is 6.56. The van der Waals surface area contributed by atoms with E-state index in [1.165, 1.54) is 0 Å². The van der Waals surface area contributed by atoms with Crippen molar-refractivity contribution in [2.45, 2.75) is 6.92 Å². The van der Waals surface area contributed by atoms with Crippen LogP contribution in [-0.4, -0.2) is 15.2 Å². The van der Waals surface area contributed by atoms with Crippen molar-refractivity contribution in [2.75, 3.05) is 0 Å². The molecule has 0 bridgehead atoms. The van der Waals surface area contributed by atoms with Gasteiger partial charge >= 0.3 is 0 Å². The van der Waals surface area contributed by atoms with Crippen LogP contribution in [-0.2, 0) is 0 Å². The average Bonchev–Trinajstić information content (AvgIpc) is 2.54. The Balaban J connectivity index is 2.45. The van der Waals surface area contributed by atoms with Gasteiger partial charge in [-0.25, -0.2) is 4.98 Å². The van der Waals surface area contributed by atoms with Crippen LogP contribution in [0, 0.1) is 6.92 Å². The largest absolute Gasteiger partial charge is 0.240 e. The van der Waals surface area contributed by atoms with Crippen molar-refractivity contribution in [3.63, 3.8) is 0 Å². The van der Waals surface area contributed by atoms with E-state index in [2.05, 4.69) is 15.2 Å². The number of rotatable bonds is 1. The summed E-state index contributed by atoms with van der Waals surface area (Å²) in [6.07, 6.45) is 1.66. The van der Waals surface area contributed by atoms with Crippen LogP contribution < -0.4 is 0 Å². The molecule has 0 aliphatic carbocycles. The summed E-state index contributed by atoms with van der Waals surface area (Å²) in [4.78, 5) is 4.30. The third kappa shape index (κ3) is 1.33. The molecule has 0 aromatic carbocycles. The van der Waals surface area contributed by atoms with Gasteiger partial charge in [-0.05, 0) is 19.1 Å². The lowest BCUT2D eigenvalue weighted by Crippen LogP contribution is -1.84. The fraction of sp³-hybridized carbons (Fsp3) is 0.125. The van der Waals surface area contributed by atoms with Crippen LogP contribution in [0.1, 0.15) is 5.69 Å². The second-order valence-corrected chi connectivity index (χ2v) is 3.26. The van der Waals surface area contributed by atoms with E-state index in [9.17, 15) is 0 Å². The summed E-state index contributed by atoms with van der Waals surface area (Å²) in [6.45, 7) is 1.97. The van der Waals surface area contributed by atoms with E-state index in [4.69, 9.17) is 0 Å². The number of nitrogens with zero attached hydrogens (tertiary/aromatic N) is 3. The fourth-order valence-corrected chi connectivity index (χ4v) is 1.65. The zero-order valence-corrected chi connectivity index (χ0v) is 7.38. The van der Waals surface area contributed by atoms with Gasteiger partial charge in [0.2, 0.25) is 0 Å². The number of aromatic nitrogens is 3. The Kier molecular flexibility index (Phi) is 1.83. The van der Waals surface area contributed by atoms with Crippen molar-refractivity contribution in [1.82, 2.24) is 15.2 Å². The lowest BCUT2D eigenvalue weighted by Gasteiger charge is -1.90. The van der Waals surface area contributed by atoms with E-state index >= 15 is 0 Å². The Morgan fingerprint density at radius 2 is 2.33 bits per heavy atom. The van der Waals surface area contributed by atoms with E-state index in [0.717, 1.165) is 16.4 Å². The van der Waals surface area contributed by atoms with E-state index in [-0.39, 0.29) is 0 Å². The van der Waals surface area contributed by atoms with Crippen molar-refractivity contribution >= 4 is 11.3 Å². The molecule has 0 aliphatic heterocycles. The first-order valence-electron chi connectivity index (χ1n) is 3.56. The molecule has 0 fully saturated rings. The summed E-state index contributed by atoms with van der Waals surface area (Å²) in [7, 11) is 0. The number of thiazole rings is 1. The summed E-state index contributed by atoms with van der Waals surface area (Å²) >= 11 is 1.59. The molecule has 0 saturated heterocycles. The summed E-state index contributed by atoms with van der Waals surface area (Å²) in [5.74, 6) is 0. The van der Waals surface area contributed by atoms with E-state index in [1.807, 2.05) is 24.4 Å². The van der Waals surface area contributed by atoms with Crippen molar-refractivity contribution in [3.05, 3.63) is 29.4 Å². The van der Waals surface area contributed by atoms with Gasteiger partial charge in [0, 0.05) is 17.3 Å². The molecule has 0 radical (unpaired) electrons. The minimum Gasteiger partial charge on any atom is -0.240 e. The summed E-state index contributed by atoms with van der Waals surface area (Å²) in [5.41, 5.74) is 1.87. The highest BCUT2D eigenvalue weighted by Gasteiger charge is 2.02. The van der Waals surface area contributed by atoms with Crippen LogP contribution in [0.25, 0.3) is 10.7 Å². The quantitative estimate of drug-likeness (QED) is 0.667. The van der Waals surface area contributed by atoms with Gasteiger partial charge < -0.3 is 0 Å². The average molecular weight is 177 g/mol. The SMILES string of the molecule is Cc1csc(-c2cccnn2)n1. The van der Waals surface area contributed by atoms with E-state index < -0.39 is 0 Å². The topological polar surface area (TPSA) is 38.7 Å². The summed E-state index contributed by atoms with van der Waals surface area (Å²) in [6, 6.07) is 3.77. The van der Waals surface area contributed by atoms with Crippen molar-refractivity contribution in [2.24, 2.45) is 0 Å². The van der Waals surface area contributed by atoms with Gasteiger partial charge in [-0.3, -0.25) is 0 Å². The highest BCUT2D eigenvalue weighted by atomic mass is 32.1. The van der Waals surface area contributed by atoms with Crippen molar-refractivity contribution in [3.8, 4) is 10.7 Å². The molecule has 4 heteroatoms. The predicted molar refractivity (Wildman–Crippen MR) is 47.9 cm³/mol. The molecule has 0 amide bonds. The molecule has 2 heterocycles. The highest BCUT2D eigenvalue weighted by Crippen LogP contribution is 2.19. The van der Waals surface area contributed by atoms with E-state index in [1.54, 1.807) is 17.5 Å². The predicted octanol–water partition coefficient (Wildman–Crippen LogP) is 1.91. The molecule has 0 aliphatic rings. The van der Waals surface area contributed by atoms with E-state index in [0.29, 0.717) is 0 Å². The zero-order chi connectivity index (χ0) is 8.39. The molecule has 0 spiro atoms. The number of hydrogen-bond donors (Lipinski definition) is 0. The molecule has 60 valence electrons.